The molecule has 25 heavy (non-hydrogen) atoms. The molecule has 5 nitrogen and oxygen atoms in total. The molecule has 0 bridgehead atoms. The van der Waals surface area contributed by atoms with Gasteiger partial charge in [-0.1, -0.05) is 35.9 Å². The number of hydrogen-bond donors (Lipinski definition) is 1. The van der Waals surface area contributed by atoms with Gasteiger partial charge >= 0.3 is 0 Å². The standard InChI is InChI=1S/C20H21N3O2/c1-14-5-4-6-16(11-14)19-18(22-13-25-19)20(24)21-12-15-7-9-17(10-8-15)23(2)3/h4-11,13H,12H2,1-3H3,(H,21,24). The third-order valence-electron chi connectivity index (χ3n) is 3.97. The summed E-state index contributed by atoms with van der Waals surface area (Å²) in [6.07, 6.45) is 1.30. The lowest BCUT2D eigenvalue weighted by molar-refractivity contribution is 0.0947. The Labute approximate surface area is 147 Å². The van der Waals surface area contributed by atoms with Crippen LogP contribution in [-0.4, -0.2) is 25.0 Å². The number of anilines is 1. The fourth-order valence-electron chi connectivity index (χ4n) is 2.58. The van der Waals surface area contributed by atoms with Crippen molar-refractivity contribution in [2.45, 2.75) is 13.5 Å². The Morgan fingerprint density at radius 3 is 2.60 bits per heavy atom. The van der Waals surface area contributed by atoms with Crippen molar-refractivity contribution in [3.05, 3.63) is 71.7 Å². The second-order valence-electron chi connectivity index (χ2n) is 6.14. The molecule has 0 fully saturated rings. The SMILES string of the molecule is Cc1cccc(-c2ocnc2C(=O)NCc2ccc(N(C)C)cc2)c1. The molecule has 0 aliphatic carbocycles. The third-order valence-corrected chi connectivity index (χ3v) is 3.97. The number of benzene rings is 2. The van der Waals surface area contributed by atoms with Crippen LogP contribution in [0.1, 0.15) is 21.6 Å². The van der Waals surface area contributed by atoms with Gasteiger partial charge in [0, 0.05) is 31.9 Å². The lowest BCUT2D eigenvalue weighted by atomic mass is 10.1. The van der Waals surface area contributed by atoms with Crippen LogP contribution in [-0.2, 0) is 6.54 Å². The molecule has 0 radical (unpaired) electrons. The van der Waals surface area contributed by atoms with Gasteiger partial charge in [0.05, 0.1) is 0 Å². The predicted octanol–water partition coefficient (Wildman–Crippen LogP) is 3.65. The van der Waals surface area contributed by atoms with Crippen molar-refractivity contribution in [1.29, 1.82) is 0 Å². The molecule has 0 unspecified atom stereocenters. The highest BCUT2D eigenvalue weighted by Crippen LogP contribution is 2.24. The molecule has 1 heterocycles. The normalized spacial score (nSPS) is 10.5. The van der Waals surface area contributed by atoms with Crippen LogP contribution >= 0.6 is 0 Å². The van der Waals surface area contributed by atoms with E-state index in [0.717, 1.165) is 22.4 Å². The van der Waals surface area contributed by atoms with Crippen LogP contribution in [0.2, 0.25) is 0 Å². The molecule has 0 saturated carbocycles. The van der Waals surface area contributed by atoms with Crippen molar-refractivity contribution >= 4 is 11.6 Å². The van der Waals surface area contributed by atoms with E-state index in [9.17, 15) is 4.79 Å². The molecule has 2 aromatic carbocycles. The van der Waals surface area contributed by atoms with E-state index < -0.39 is 0 Å². The number of carbonyl (C=O) groups is 1. The van der Waals surface area contributed by atoms with Crippen molar-refractivity contribution in [1.82, 2.24) is 10.3 Å². The van der Waals surface area contributed by atoms with Gasteiger partial charge in [0.25, 0.3) is 5.91 Å². The van der Waals surface area contributed by atoms with Crippen LogP contribution < -0.4 is 10.2 Å². The number of carbonyl (C=O) groups excluding carboxylic acids is 1. The highest BCUT2D eigenvalue weighted by Gasteiger charge is 2.18. The maximum atomic E-state index is 12.5. The molecule has 1 amide bonds. The molecular weight excluding hydrogens is 314 g/mol. The second kappa shape index (κ2) is 7.21. The van der Waals surface area contributed by atoms with Gasteiger partial charge in [0.2, 0.25) is 0 Å². The molecule has 128 valence electrons. The average molecular weight is 335 g/mol. The summed E-state index contributed by atoms with van der Waals surface area (Å²) in [7, 11) is 3.99. The van der Waals surface area contributed by atoms with E-state index in [4.69, 9.17) is 4.42 Å². The molecule has 5 heteroatoms. The summed E-state index contributed by atoms with van der Waals surface area (Å²) in [6, 6.07) is 15.9. The highest BCUT2D eigenvalue weighted by atomic mass is 16.3. The number of nitrogens with one attached hydrogen (secondary N) is 1. The maximum Gasteiger partial charge on any atom is 0.274 e. The van der Waals surface area contributed by atoms with Gasteiger partial charge in [0.15, 0.2) is 17.8 Å². The Morgan fingerprint density at radius 2 is 1.92 bits per heavy atom. The van der Waals surface area contributed by atoms with Crippen molar-refractivity contribution in [2.75, 3.05) is 19.0 Å². The van der Waals surface area contributed by atoms with Crippen LogP contribution in [0.25, 0.3) is 11.3 Å². The average Bonchev–Trinajstić information content (AvgIpc) is 3.10. The van der Waals surface area contributed by atoms with Crippen LogP contribution in [0.5, 0.6) is 0 Å². The van der Waals surface area contributed by atoms with E-state index in [1.807, 2.05) is 74.4 Å². The summed E-state index contributed by atoms with van der Waals surface area (Å²) in [5.41, 5.74) is 4.39. The van der Waals surface area contributed by atoms with E-state index in [1.54, 1.807) is 0 Å². The minimum absolute atomic E-state index is 0.248. The third kappa shape index (κ3) is 3.88. The zero-order valence-corrected chi connectivity index (χ0v) is 14.6. The van der Waals surface area contributed by atoms with Crippen LogP contribution in [0, 0.1) is 6.92 Å². The zero-order chi connectivity index (χ0) is 17.8. The van der Waals surface area contributed by atoms with E-state index >= 15 is 0 Å². The fourth-order valence-corrected chi connectivity index (χ4v) is 2.58. The van der Waals surface area contributed by atoms with Crippen molar-refractivity contribution in [3.63, 3.8) is 0 Å². The quantitative estimate of drug-likeness (QED) is 0.773. The van der Waals surface area contributed by atoms with Gasteiger partial charge in [0.1, 0.15) is 0 Å². The summed E-state index contributed by atoms with van der Waals surface area (Å²) in [5.74, 6) is 0.242. The number of hydrogen-bond acceptors (Lipinski definition) is 4. The first-order valence-electron chi connectivity index (χ1n) is 8.09. The second-order valence-corrected chi connectivity index (χ2v) is 6.14. The Balaban J connectivity index is 1.71. The van der Waals surface area contributed by atoms with E-state index in [2.05, 4.69) is 10.3 Å². The Kier molecular flexibility index (Phi) is 4.84. The van der Waals surface area contributed by atoms with Crippen LogP contribution in [0.4, 0.5) is 5.69 Å². The van der Waals surface area contributed by atoms with E-state index in [-0.39, 0.29) is 5.91 Å². The van der Waals surface area contributed by atoms with Gasteiger partial charge in [-0.2, -0.15) is 0 Å². The molecule has 0 aliphatic heterocycles. The molecule has 0 saturated heterocycles. The Morgan fingerprint density at radius 1 is 1.16 bits per heavy atom. The van der Waals surface area contributed by atoms with Crippen LogP contribution in [0.15, 0.2) is 59.3 Å². The molecular formula is C20H21N3O2. The summed E-state index contributed by atoms with van der Waals surface area (Å²) in [4.78, 5) is 18.6. The van der Waals surface area contributed by atoms with Crippen molar-refractivity contribution in [2.24, 2.45) is 0 Å². The lowest BCUT2D eigenvalue weighted by Gasteiger charge is -2.12. The number of amides is 1. The molecule has 0 atom stereocenters. The first-order chi connectivity index (χ1) is 12.0. The molecule has 1 aromatic heterocycles. The fraction of sp³-hybridized carbons (Fsp3) is 0.200. The van der Waals surface area contributed by atoms with Gasteiger partial charge < -0.3 is 14.6 Å². The van der Waals surface area contributed by atoms with Gasteiger partial charge in [-0.3, -0.25) is 4.79 Å². The highest BCUT2D eigenvalue weighted by molar-refractivity contribution is 5.97. The van der Waals surface area contributed by atoms with E-state index in [0.29, 0.717) is 18.0 Å². The number of aromatic nitrogens is 1. The van der Waals surface area contributed by atoms with Crippen LogP contribution in [0.3, 0.4) is 0 Å². The summed E-state index contributed by atoms with van der Waals surface area (Å²) in [5, 5.41) is 2.90. The van der Waals surface area contributed by atoms with Crippen molar-refractivity contribution in [3.8, 4) is 11.3 Å². The Hall–Kier alpha value is -3.08. The van der Waals surface area contributed by atoms with Gasteiger partial charge in [-0.05, 0) is 30.7 Å². The summed E-state index contributed by atoms with van der Waals surface area (Å²) >= 11 is 0. The smallest absolute Gasteiger partial charge is 0.274 e. The predicted molar refractivity (Wildman–Crippen MR) is 98.6 cm³/mol. The Bertz CT molecular complexity index is 867. The molecule has 1 N–H and O–H groups in total. The largest absolute Gasteiger partial charge is 0.443 e. The molecule has 3 aromatic rings. The monoisotopic (exact) mass is 335 g/mol. The van der Waals surface area contributed by atoms with Gasteiger partial charge in [-0.15, -0.1) is 0 Å². The molecule has 0 aliphatic rings. The number of aryl methyl sites for hydroxylation is 1. The van der Waals surface area contributed by atoms with Gasteiger partial charge in [-0.25, -0.2) is 4.98 Å². The topological polar surface area (TPSA) is 58.4 Å². The zero-order valence-electron chi connectivity index (χ0n) is 14.6. The first-order valence-corrected chi connectivity index (χ1v) is 8.09. The summed E-state index contributed by atoms with van der Waals surface area (Å²) in [6.45, 7) is 2.43. The number of nitrogens with zero attached hydrogens (tertiary/aromatic N) is 2. The minimum atomic E-state index is -0.248. The number of oxazole rings is 1. The first kappa shape index (κ1) is 16.8. The van der Waals surface area contributed by atoms with Crippen molar-refractivity contribution < 1.29 is 9.21 Å². The lowest BCUT2D eigenvalue weighted by Crippen LogP contribution is -2.23. The minimum Gasteiger partial charge on any atom is -0.443 e. The number of rotatable bonds is 5. The summed E-state index contributed by atoms with van der Waals surface area (Å²) < 4.78 is 5.44. The van der Waals surface area contributed by atoms with E-state index in [1.165, 1.54) is 6.39 Å². The maximum absolute atomic E-state index is 12.5. The molecule has 0 spiro atoms. The molecule has 3 rings (SSSR count).